The van der Waals surface area contributed by atoms with Gasteiger partial charge in [-0.25, -0.2) is 0 Å². The first-order valence-corrected chi connectivity index (χ1v) is 4.78. The molecule has 0 unspecified atom stereocenters. The van der Waals surface area contributed by atoms with Gasteiger partial charge in [-0.2, -0.15) is 0 Å². The molecule has 13 heavy (non-hydrogen) atoms. The van der Waals surface area contributed by atoms with Gasteiger partial charge in [-0.05, 0) is 26.9 Å². The van der Waals surface area contributed by atoms with Gasteiger partial charge >= 0.3 is 0 Å². The summed E-state index contributed by atoms with van der Waals surface area (Å²) < 4.78 is 0. The van der Waals surface area contributed by atoms with E-state index in [1.807, 2.05) is 25.8 Å². The van der Waals surface area contributed by atoms with Gasteiger partial charge < -0.3 is 4.79 Å². The highest BCUT2D eigenvalue weighted by Gasteiger charge is 1.99. The maximum absolute atomic E-state index is 10.6. The van der Waals surface area contributed by atoms with E-state index in [0.29, 0.717) is 13.0 Å². The van der Waals surface area contributed by atoms with E-state index in [0.717, 1.165) is 19.3 Å². The van der Waals surface area contributed by atoms with Crippen LogP contribution in [0.4, 0.5) is 0 Å². The van der Waals surface area contributed by atoms with Crippen molar-refractivity contribution in [1.82, 2.24) is 4.90 Å². The summed E-state index contributed by atoms with van der Waals surface area (Å²) in [5.41, 5.74) is 0. The molecule has 3 nitrogen and oxygen atoms in total. The Balaban J connectivity index is 0. The highest BCUT2D eigenvalue weighted by Crippen LogP contribution is 1.89. The number of carbonyl (C=O) groups is 2. The van der Waals surface area contributed by atoms with Gasteiger partial charge in [0.25, 0.3) is 0 Å². The number of unbranched alkanes of at least 4 members (excludes halogenated alkanes) is 1. The number of hydrogen-bond acceptors (Lipinski definition) is 3. The summed E-state index contributed by atoms with van der Waals surface area (Å²) in [6.45, 7) is 6.87. The van der Waals surface area contributed by atoms with Crippen LogP contribution in [0.25, 0.3) is 0 Å². The fourth-order valence-electron chi connectivity index (χ4n) is 0.904. The van der Waals surface area contributed by atoms with Gasteiger partial charge in [0.05, 0.1) is 6.54 Å². The number of rotatable bonds is 6. The van der Waals surface area contributed by atoms with Crippen molar-refractivity contribution in [3.05, 3.63) is 0 Å². The summed E-state index contributed by atoms with van der Waals surface area (Å²) in [5.74, 6) is 0.165. The molecule has 0 aromatic carbocycles. The number of carbonyl (C=O) groups excluding carboxylic acids is 2. The maximum atomic E-state index is 10.6. The van der Waals surface area contributed by atoms with E-state index in [4.69, 9.17) is 0 Å². The Morgan fingerprint density at radius 2 is 1.92 bits per heavy atom. The number of ketones is 1. The molecule has 0 bridgehead atoms. The van der Waals surface area contributed by atoms with Crippen molar-refractivity contribution in [2.24, 2.45) is 0 Å². The Labute approximate surface area is 81.1 Å². The molecule has 0 aliphatic rings. The second-order valence-corrected chi connectivity index (χ2v) is 2.75. The summed E-state index contributed by atoms with van der Waals surface area (Å²) in [6.07, 6.45) is 2.33. The zero-order valence-electron chi connectivity index (χ0n) is 9.17. The standard InChI is InChI=1S/C8H15NO2.C2H6/c1-8(11)7-9(2)5-3-4-6-10;1-2/h6H,3-5,7H2,1-2H3;1-2H3. The van der Waals surface area contributed by atoms with E-state index in [-0.39, 0.29) is 5.78 Å². The monoisotopic (exact) mass is 187 g/mol. The molecule has 78 valence electrons. The summed E-state index contributed by atoms with van der Waals surface area (Å²) in [7, 11) is 1.88. The van der Waals surface area contributed by atoms with Crippen LogP contribution in [0.2, 0.25) is 0 Å². The van der Waals surface area contributed by atoms with Crippen molar-refractivity contribution in [2.45, 2.75) is 33.6 Å². The minimum atomic E-state index is 0.165. The molecule has 0 radical (unpaired) electrons. The van der Waals surface area contributed by atoms with Crippen LogP contribution in [0.3, 0.4) is 0 Å². The molecule has 0 aliphatic carbocycles. The summed E-state index contributed by atoms with van der Waals surface area (Å²) in [4.78, 5) is 22.4. The number of Topliss-reactive ketones (excluding diaryl/α,β-unsaturated/α-hetero) is 1. The topological polar surface area (TPSA) is 37.4 Å². The largest absolute Gasteiger partial charge is 0.303 e. The van der Waals surface area contributed by atoms with Crippen molar-refractivity contribution < 1.29 is 9.59 Å². The zero-order valence-corrected chi connectivity index (χ0v) is 9.17. The lowest BCUT2D eigenvalue weighted by Gasteiger charge is -2.12. The maximum Gasteiger partial charge on any atom is 0.143 e. The Bertz CT molecular complexity index is 135. The van der Waals surface area contributed by atoms with Crippen molar-refractivity contribution in [3.8, 4) is 0 Å². The predicted octanol–water partition coefficient (Wildman–Crippen LogP) is 1.51. The van der Waals surface area contributed by atoms with Crippen molar-refractivity contribution in [2.75, 3.05) is 20.1 Å². The van der Waals surface area contributed by atoms with Gasteiger partial charge in [0, 0.05) is 6.42 Å². The highest BCUT2D eigenvalue weighted by molar-refractivity contribution is 5.77. The molecule has 0 atom stereocenters. The smallest absolute Gasteiger partial charge is 0.143 e. The van der Waals surface area contributed by atoms with Crippen molar-refractivity contribution in [3.63, 3.8) is 0 Å². The molecular weight excluding hydrogens is 166 g/mol. The number of nitrogens with zero attached hydrogens (tertiary/aromatic N) is 1. The molecule has 0 aliphatic heterocycles. The fourth-order valence-corrected chi connectivity index (χ4v) is 0.904. The number of hydrogen-bond donors (Lipinski definition) is 0. The average molecular weight is 187 g/mol. The Kier molecular flexibility index (Phi) is 12.9. The van der Waals surface area contributed by atoms with Gasteiger partial charge in [-0.1, -0.05) is 13.8 Å². The normalized spacial score (nSPS) is 9.00. The van der Waals surface area contributed by atoms with Gasteiger partial charge in [0.2, 0.25) is 0 Å². The van der Waals surface area contributed by atoms with E-state index in [1.165, 1.54) is 0 Å². The lowest BCUT2D eigenvalue weighted by molar-refractivity contribution is -0.117. The Morgan fingerprint density at radius 3 is 2.31 bits per heavy atom. The molecule has 0 N–H and O–H groups in total. The second-order valence-electron chi connectivity index (χ2n) is 2.75. The minimum absolute atomic E-state index is 0.165. The van der Waals surface area contributed by atoms with E-state index in [2.05, 4.69) is 0 Å². The van der Waals surface area contributed by atoms with Crippen molar-refractivity contribution in [1.29, 1.82) is 0 Å². The third-order valence-corrected chi connectivity index (χ3v) is 1.35. The number of likely N-dealkylation sites (N-methyl/N-ethyl adjacent to an activating group) is 1. The van der Waals surface area contributed by atoms with Gasteiger partial charge in [-0.15, -0.1) is 0 Å². The molecular formula is C10H21NO2. The van der Waals surface area contributed by atoms with Crippen LogP contribution in [0.1, 0.15) is 33.6 Å². The molecule has 0 aromatic heterocycles. The van der Waals surface area contributed by atoms with Crippen LogP contribution in [-0.4, -0.2) is 37.1 Å². The molecule has 0 rings (SSSR count). The molecule has 0 fully saturated rings. The first kappa shape index (κ1) is 14.8. The van der Waals surface area contributed by atoms with Crippen molar-refractivity contribution >= 4 is 12.1 Å². The summed E-state index contributed by atoms with van der Waals surface area (Å²) in [5, 5.41) is 0. The molecule has 0 saturated carbocycles. The quantitative estimate of drug-likeness (QED) is 0.467. The number of aldehydes is 1. The molecule has 0 heterocycles. The van der Waals surface area contributed by atoms with Gasteiger partial charge in [0.1, 0.15) is 12.1 Å². The molecule has 0 amide bonds. The molecule has 0 saturated heterocycles. The van der Waals surface area contributed by atoms with Crippen LogP contribution in [0, 0.1) is 0 Å². The third kappa shape index (κ3) is 14.2. The minimum Gasteiger partial charge on any atom is -0.303 e. The zero-order chi connectivity index (χ0) is 10.7. The first-order valence-electron chi connectivity index (χ1n) is 4.78. The first-order chi connectivity index (χ1) is 6.16. The predicted molar refractivity (Wildman–Crippen MR) is 54.8 cm³/mol. The van der Waals surface area contributed by atoms with E-state index in [9.17, 15) is 9.59 Å². The van der Waals surface area contributed by atoms with Crippen LogP contribution in [-0.2, 0) is 9.59 Å². The molecule has 0 spiro atoms. The Hall–Kier alpha value is -0.700. The highest BCUT2D eigenvalue weighted by atomic mass is 16.1. The molecule has 0 aromatic rings. The van der Waals surface area contributed by atoms with Crippen LogP contribution in [0.5, 0.6) is 0 Å². The SMILES string of the molecule is CC.CC(=O)CN(C)CCCC=O. The van der Waals surface area contributed by atoms with Crippen LogP contribution < -0.4 is 0 Å². The second kappa shape index (κ2) is 11.3. The fraction of sp³-hybridized carbons (Fsp3) is 0.800. The van der Waals surface area contributed by atoms with E-state index in [1.54, 1.807) is 6.92 Å². The van der Waals surface area contributed by atoms with Crippen LogP contribution in [0.15, 0.2) is 0 Å². The van der Waals surface area contributed by atoms with Crippen LogP contribution >= 0.6 is 0 Å². The third-order valence-electron chi connectivity index (χ3n) is 1.35. The van der Waals surface area contributed by atoms with E-state index < -0.39 is 0 Å². The van der Waals surface area contributed by atoms with Gasteiger partial charge in [-0.3, -0.25) is 9.69 Å². The molecule has 3 heteroatoms. The lowest BCUT2D eigenvalue weighted by atomic mass is 10.3. The lowest BCUT2D eigenvalue weighted by Crippen LogP contribution is -2.25. The summed E-state index contributed by atoms with van der Waals surface area (Å²) in [6, 6.07) is 0. The average Bonchev–Trinajstić information content (AvgIpc) is 2.07. The Morgan fingerprint density at radius 1 is 1.38 bits per heavy atom. The summed E-state index contributed by atoms with van der Waals surface area (Å²) >= 11 is 0. The van der Waals surface area contributed by atoms with Gasteiger partial charge in [0.15, 0.2) is 0 Å². The van der Waals surface area contributed by atoms with E-state index >= 15 is 0 Å².